The fourth-order valence-corrected chi connectivity index (χ4v) is 5.79. The molecule has 0 atom stereocenters. The molecule has 8 nitrogen and oxygen atoms in total. The van der Waals surface area contributed by atoms with Crippen LogP contribution in [0.1, 0.15) is 32.1 Å². The zero-order valence-electron chi connectivity index (χ0n) is 18.3. The van der Waals surface area contributed by atoms with Crippen molar-refractivity contribution in [3.8, 4) is 0 Å². The van der Waals surface area contributed by atoms with Crippen molar-refractivity contribution in [2.75, 3.05) is 12.4 Å². The minimum absolute atomic E-state index is 0.0344. The van der Waals surface area contributed by atoms with E-state index in [0.717, 1.165) is 37.6 Å². The Kier molecular flexibility index (Phi) is 6.21. The quantitative estimate of drug-likeness (QED) is 0.617. The van der Waals surface area contributed by atoms with Crippen LogP contribution in [0.25, 0.3) is 11.0 Å². The molecule has 0 bridgehead atoms. The van der Waals surface area contributed by atoms with Gasteiger partial charge in [0, 0.05) is 25.8 Å². The SMILES string of the molecule is CN(C1CCCCC1)S(=O)(=O)c1ccc(NC(=O)Cn2c(=O)n(C)c3ccccc32)cc1. The number of nitrogens with one attached hydrogen (secondary N) is 1. The summed E-state index contributed by atoms with van der Waals surface area (Å²) in [6.07, 6.45) is 5.03. The van der Waals surface area contributed by atoms with Crippen LogP contribution in [0.15, 0.2) is 58.2 Å². The van der Waals surface area contributed by atoms with Gasteiger partial charge in [-0.3, -0.25) is 13.9 Å². The summed E-state index contributed by atoms with van der Waals surface area (Å²) in [7, 11) is -0.276. The summed E-state index contributed by atoms with van der Waals surface area (Å²) >= 11 is 0. The van der Waals surface area contributed by atoms with Gasteiger partial charge in [0.25, 0.3) is 0 Å². The van der Waals surface area contributed by atoms with E-state index >= 15 is 0 Å². The number of sulfonamides is 1. The van der Waals surface area contributed by atoms with E-state index in [1.807, 2.05) is 18.2 Å². The molecule has 0 saturated heterocycles. The summed E-state index contributed by atoms with van der Waals surface area (Å²) in [5.41, 5.74) is 1.64. The van der Waals surface area contributed by atoms with E-state index in [4.69, 9.17) is 0 Å². The van der Waals surface area contributed by atoms with E-state index in [0.29, 0.717) is 11.2 Å². The zero-order chi connectivity index (χ0) is 22.9. The Morgan fingerprint density at radius 1 is 1.03 bits per heavy atom. The molecule has 1 saturated carbocycles. The highest BCUT2D eigenvalue weighted by Crippen LogP contribution is 2.27. The molecule has 1 aliphatic carbocycles. The van der Waals surface area contributed by atoms with Crippen LogP contribution in [-0.2, 0) is 28.4 Å². The second-order valence-electron chi connectivity index (χ2n) is 8.30. The summed E-state index contributed by atoms with van der Waals surface area (Å²) < 4.78 is 30.3. The molecule has 32 heavy (non-hydrogen) atoms. The number of fused-ring (bicyclic) bond motifs is 1. The van der Waals surface area contributed by atoms with E-state index in [1.54, 1.807) is 32.3 Å². The van der Waals surface area contributed by atoms with Crippen LogP contribution in [0.2, 0.25) is 0 Å². The average Bonchev–Trinajstić information content (AvgIpc) is 3.04. The summed E-state index contributed by atoms with van der Waals surface area (Å²) in [6.45, 7) is -0.134. The molecule has 4 rings (SSSR count). The first-order valence-corrected chi connectivity index (χ1v) is 12.3. The first kappa shape index (κ1) is 22.3. The molecule has 2 aromatic carbocycles. The zero-order valence-corrected chi connectivity index (χ0v) is 19.1. The van der Waals surface area contributed by atoms with Crippen LogP contribution < -0.4 is 11.0 Å². The highest BCUT2D eigenvalue weighted by molar-refractivity contribution is 7.89. The van der Waals surface area contributed by atoms with Gasteiger partial charge in [0.15, 0.2) is 0 Å². The number of hydrogen-bond donors (Lipinski definition) is 1. The van der Waals surface area contributed by atoms with Gasteiger partial charge in [-0.15, -0.1) is 0 Å². The van der Waals surface area contributed by atoms with Crippen molar-refractivity contribution >= 4 is 32.7 Å². The Bertz CT molecular complexity index is 1290. The smallest absolute Gasteiger partial charge is 0.325 e. The van der Waals surface area contributed by atoms with Crippen molar-refractivity contribution in [3.05, 3.63) is 59.0 Å². The van der Waals surface area contributed by atoms with Crippen LogP contribution in [0.4, 0.5) is 5.69 Å². The molecule has 1 aromatic heterocycles. The maximum Gasteiger partial charge on any atom is 0.329 e. The minimum Gasteiger partial charge on any atom is -0.325 e. The highest BCUT2D eigenvalue weighted by Gasteiger charge is 2.29. The average molecular weight is 457 g/mol. The molecule has 0 unspecified atom stereocenters. The Labute approximate surface area is 187 Å². The topological polar surface area (TPSA) is 93.4 Å². The van der Waals surface area contributed by atoms with Gasteiger partial charge >= 0.3 is 5.69 Å². The summed E-state index contributed by atoms with van der Waals surface area (Å²) in [5.74, 6) is -0.363. The van der Waals surface area contributed by atoms with Gasteiger partial charge in [-0.1, -0.05) is 31.4 Å². The fourth-order valence-electron chi connectivity index (χ4n) is 4.38. The molecule has 1 N–H and O–H groups in total. The largest absolute Gasteiger partial charge is 0.329 e. The first-order valence-electron chi connectivity index (χ1n) is 10.8. The van der Waals surface area contributed by atoms with Crippen molar-refractivity contribution < 1.29 is 13.2 Å². The Hall–Kier alpha value is -2.91. The van der Waals surface area contributed by atoms with Crippen molar-refractivity contribution in [3.63, 3.8) is 0 Å². The van der Waals surface area contributed by atoms with Crippen LogP contribution in [0.3, 0.4) is 0 Å². The minimum atomic E-state index is -3.59. The molecule has 0 spiro atoms. The van der Waals surface area contributed by atoms with Crippen LogP contribution in [-0.4, -0.2) is 40.9 Å². The lowest BCUT2D eigenvalue weighted by Crippen LogP contribution is -2.38. The van der Waals surface area contributed by atoms with Crippen molar-refractivity contribution in [2.45, 2.75) is 49.6 Å². The summed E-state index contributed by atoms with van der Waals surface area (Å²) in [5, 5.41) is 2.75. The first-order chi connectivity index (χ1) is 15.3. The van der Waals surface area contributed by atoms with Crippen LogP contribution in [0.5, 0.6) is 0 Å². The molecule has 1 fully saturated rings. The molecule has 0 aliphatic heterocycles. The second kappa shape index (κ2) is 8.91. The van der Waals surface area contributed by atoms with Gasteiger partial charge in [0.2, 0.25) is 15.9 Å². The van der Waals surface area contributed by atoms with E-state index < -0.39 is 10.0 Å². The second-order valence-corrected chi connectivity index (χ2v) is 10.3. The van der Waals surface area contributed by atoms with Crippen LogP contribution in [0, 0.1) is 0 Å². The van der Waals surface area contributed by atoms with Gasteiger partial charge in [0.05, 0.1) is 15.9 Å². The third kappa shape index (κ3) is 4.22. The molecule has 1 heterocycles. The van der Waals surface area contributed by atoms with Gasteiger partial charge in [0.1, 0.15) is 6.54 Å². The number of carbonyl (C=O) groups is 1. The Morgan fingerprint density at radius 3 is 2.31 bits per heavy atom. The molecule has 170 valence electrons. The number of aromatic nitrogens is 2. The number of amides is 1. The molecule has 0 radical (unpaired) electrons. The number of para-hydroxylation sites is 2. The lowest BCUT2D eigenvalue weighted by molar-refractivity contribution is -0.116. The fraction of sp³-hybridized carbons (Fsp3) is 0.391. The van der Waals surface area contributed by atoms with Gasteiger partial charge in [-0.2, -0.15) is 4.31 Å². The number of benzene rings is 2. The molecular weight excluding hydrogens is 428 g/mol. The lowest BCUT2D eigenvalue weighted by Gasteiger charge is -2.30. The predicted molar refractivity (Wildman–Crippen MR) is 124 cm³/mol. The van der Waals surface area contributed by atoms with E-state index in [1.165, 1.54) is 25.6 Å². The number of hydrogen-bond acceptors (Lipinski definition) is 4. The maximum absolute atomic E-state index is 13.0. The normalized spacial score (nSPS) is 15.3. The van der Waals surface area contributed by atoms with Gasteiger partial charge < -0.3 is 5.32 Å². The Balaban J connectivity index is 1.47. The Morgan fingerprint density at radius 2 is 1.66 bits per heavy atom. The maximum atomic E-state index is 13.0. The predicted octanol–water partition coefficient (Wildman–Crippen LogP) is 2.93. The summed E-state index contributed by atoms with van der Waals surface area (Å²) in [4.78, 5) is 25.3. The van der Waals surface area contributed by atoms with Crippen molar-refractivity contribution in [1.29, 1.82) is 0 Å². The van der Waals surface area contributed by atoms with Crippen molar-refractivity contribution in [2.24, 2.45) is 7.05 Å². The third-order valence-corrected chi connectivity index (χ3v) is 8.18. The third-order valence-electron chi connectivity index (χ3n) is 6.26. The molecular formula is C23H28N4O4S. The van der Waals surface area contributed by atoms with E-state index in [9.17, 15) is 18.0 Å². The molecule has 9 heteroatoms. The molecule has 1 amide bonds. The number of anilines is 1. The monoisotopic (exact) mass is 456 g/mol. The standard InChI is InChI=1S/C23H28N4O4S/c1-25-20-10-6-7-11-21(20)27(23(25)29)16-22(28)24-17-12-14-19(15-13-17)32(30,31)26(2)18-8-4-3-5-9-18/h6-7,10-15,18H,3-5,8-9,16H2,1-2H3,(H,24,28). The van der Waals surface area contributed by atoms with E-state index in [-0.39, 0.29) is 29.1 Å². The van der Waals surface area contributed by atoms with E-state index in [2.05, 4.69) is 5.32 Å². The number of imidazole rings is 1. The van der Waals surface area contributed by atoms with Crippen LogP contribution >= 0.6 is 0 Å². The highest BCUT2D eigenvalue weighted by atomic mass is 32.2. The summed E-state index contributed by atoms with van der Waals surface area (Å²) in [6, 6.07) is 13.5. The number of carbonyl (C=O) groups excluding carboxylic acids is 1. The lowest BCUT2D eigenvalue weighted by atomic mass is 9.96. The number of aryl methyl sites for hydroxylation is 1. The number of rotatable bonds is 6. The molecule has 1 aliphatic rings. The molecule has 3 aromatic rings. The van der Waals surface area contributed by atoms with Crippen molar-refractivity contribution in [1.82, 2.24) is 13.4 Å². The van der Waals surface area contributed by atoms with Gasteiger partial charge in [-0.25, -0.2) is 13.2 Å². The number of nitrogens with zero attached hydrogens (tertiary/aromatic N) is 3. The van der Waals surface area contributed by atoms with Gasteiger partial charge in [-0.05, 0) is 49.2 Å².